The third-order valence-electron chi connectivity index (χ3n) is 1.67. The van der Waals surface area contributed by atoms with Crippen molar-refractivity contribution >= 4 is 17.9 Å². The lowest BCUT2D eigenvalue weighted by Gasteiger charge is -1.85. The number of aliphatic carboxylic acids is 1. The molecule has 0 unspecified atom stereocenters. The van der Waals surface area contributed by atoms with Gasteiger partial charge < -0.3 is 9.52 Å². The summed E-state index contributed by atoms with van der Waals surface area (Å²) in [6.07, 6.45) is 3.64. The number of hydrogen-bond donors (Lipinski definition) is 1. The van der Waals surface area contributed by atoms with Gasteiger partial charge in [-0.15, -0.1) is 0 Å². The van der Waals surface area contributed by atoms with Crippen molar-refractivity contribution in [2.45, 2.75) is 0 Å². The lowest BCUT2D eigenvalue weighted by Crippen LogP contribution is -1.96. The predicted molar refractivity (Wildman–Crippen MR) is 55.7 cm³/mol. The molecule has 1 aromatic rings. The average Bonchev–Trinajstić information content (AvgIpc) is 2.72. The molecular formula is C10H6N2O5. The molecule has 0 fully saturated rings. The lowest BCUT2D eigenvalue weighted by atomic mass is 10.2. The van der Waals surface area contributed by atoms with Crippen molar-refractivity contribution in [3.63, 3.8) is 0 Å². The van der Waals surface area contributed by atoms with E-state index in [0.29, 0.717) is 0 Å². The van der Waals surface area contributed by atoms with Crippen molar-refractivity contribution in [2.75, 3.05) is 0 Å². The number of hydrogen-bond acceptors (Lipinski definition) is 5. The third kappa shape index (κ3) is 3.32. The number of carboxylic acids is 1. The molecule has 0 radical (unpaired) electrons. The van der Waals surface area contributed by atoms with Crippen LogP contribution < -0.4 is 0 Å². The Labute approximate surface area is 95.0 Å². The van der Waals surface area contributed by atoms with Crippen LogP contribution in [0.3, 0.4) is 0 Å². The highest BCUT2D eigenvalue weighted by molar-refractivity contribution is 5.91. The molecule has 0 atom stereocenters. The van der Waals surface area contributed by atoms with Gasteiger partial charge in [-0.2, -0.15) is 5.26 Å². The highest BCUT2D eigenvalue weighted by atomic mass is 16.6. The molecule has 0 saturated heterocycles. The maximum Gasteiger partial charge on any atom is 0.433 e. The molecule has 7 heteroatoms. The number of carboxylic acid groups (broad SMARTS) is 1. The summed E-state index contributed by atoms with van der Waals surface area (Å²) in [5.74, 6) is -1.56. The van der Waals surface area contributed by atoms with Crippen molar-refractivity contribution < 1.29 is 19.2 Å². The number of furan rings is 1. The lowest BCUT2D eigenvalue weighted by molar-refractivity contribution is -0.402. The molecule has 0 spiro atoms. The highest BCUT2D eigenvalue weighted by Gasteiger charge is 2.09. The summed E-state index contributed by atoms with van der Waals surface area (Å²) >= 11 is 0. The van der Waals surface area contributed by atoms with E-state index in [0.717, 1.165) is 6.08 Å². The largest absolute Gasteiger partial charge is 0.477 e. The van der Waals surface area contributed by atoms with Gasteiger partial charge in [0.1, 0.15) is 22.3 Å². The summed E-state index contributed by atoms with van der Waals surface area (Å²) in [7, 11) is 0. The number of nitro groups is 1. The van der Waals surface area contributed by atoms with E-state index in [1.54, 1.807) is 0 Å². The Morgan fingerprint density at radius 1 is 1.59 bits per heavy atom. The molecule has 0 saturated carbocycles. The molecule has 1 heterocycles. The molecule has 0 aliphatic rings. The topological polar surface area (TPSA) is 117 Å². The molecule has 1 N–H and O–H groups in total. The summed E-state index contributed by atoms with van der Waals surface area (Å²) in [5.41, 5.74) is -0.442. The zero-order valence-corrected chi connectivity index (χ0v) is 8.36. The van der Waals surface area contributed by atoms with Gasteiger partial charge in [0, 0.05) is 0 Å². The van der Waals surface area contributed by atoms with Gasteiger partial charge in [0.15, 0.2) is 0 Å². The van der Waals surface area contributed by atoms with Crippen LogP contribution in [0.1, 0.15) is 5.76 Å². The maximum absolute atomic E-state index is 10.4. The van der Waals surface area contributed by atoms with Crippen molar-refractivity contribution in [3.8, 4) is 6.07 Å². The Kier molecular flexibility index (Phi) is 3.78. The van der Waals surface area contributed by atoms with Crippen LogP contribution in [0.5, 0.6) is 0 Å². The standard InChI is InChI=1S/C10H6N2O5/c11-6-7(10(13)14)2-1-3-8-4-5-9(17-8)12(15)16/h1-5H,(H,13,14)/b3-1+,7-2+. The summed E-state index contributed by atoms with van der Waals surface area (Å²) in [5, 5.41) is 27.2. The molecule has 1 aromatic heterocycles. The van der Waals surface area contributed by atoms with Gasteiger partial charge in [0.2, 0.25) is 0 Å². The first-order chi connectivity index (χ1) is 8.04. The van der Waals surface area contributed by atoms with Crippen LogP contribution in [0.15, 0.2) is 34.3 Å². The molecule has 1 rings (SSSR count). The number of allylic oxidation sites excluding steroid dienone is 2. The summed E-state index contributed by atoms with van der Waals surface area (Å²) in [6.45, 7) is 0. The van der Waals surface area contributed by atoms with E-state index in [2.05, 4.69) is 0 Å². The second-order valence-electron chi connectivity index (χ2n) is 2.79. The number of carbonyl (C=O) groups is 1. The van der Waals surface area contributed by atoms with E-state index in [-0.39, 0.29) is 5.76 Å². The summed E-state index contributed by atoms with van der Waals surface area (Å²) in [6, 6.07) is 4.01. The van der Waals surface area contributed by atoms with Crippen LogP contribution in [0, 0.1) is 21.4 Å². The molecule has 0 aliphatic carbocycles. The molecule has 0 aliphatic heterocycles. The van der Waals surface area contributed by atoms with Crippen LogP contribution in [0.4, 0.5) is 5.88 Å². The third-order valence-corrected chi connectivity index (χ3v) is 1.67. The Morgan fingerprint density at radius 2 is 2.29 bits per heavy atom. The molecule has 7 nitrogen and oxygen atoms in total. The minimum absolute atomic E-state index is 0.190. The highest BCUT2D eigenvalue weighted by Crippen LogP contribution is 2.16. The summed E-state index contributed by atoms with van der Waals surface area (Å²) < 4.78 is 4.78. The summed E-state index contributed by atoms with van der Waals surface area (Å²) in [4.78, 5) is 20.0. The zero-order chi connectivity index (χ0) is 12.8. The van der Waals surface area contributed by atoms with Gasteiger partial charge in [-0.1, -0.05) is 6.08 Å². The Balaban J connectivity index is 2.81. The van der Waals surface area contributed by atoms with Crippen molar-refractivity contribution in [3.05, 3.63) is 45.7 Å². The predicted octanol–water partition coefficient (Wildman–Crippen LogP) is 1.74. The normalized spacial score (nSPS) is 11.4. The SMILES string of the molecule is N#C/C(=C\C=C\c1ccc([N+](=O)[O-])o1)C(=O)O. The van der Waals surface area contributed by atoms with Crippen LogP contribution in [-0.4, -0.2) is 16.0 Å². The van der Waals surface area contributed by atoms with Crippen LogP contribution in [0.25, 0.3) is 6.08 Å². The second-order valence-corrected chi connectivity index (χ2v) is 2.79. The zero-order valence-electron chi connectivity index (χ0n) is 8.36. The van der Waals surface area contributed by atoms with Gasteiger partial charge in [-0.3, -0.25) is 10.1 Å². The Hall–Kier alpha value is -2.88. The molecule has 0 bridgehead atoms. The second kappa shape index (κ2) is 5.27. The van der Waals surface area contributed by atoms with E-state index in [1.807, 2.05) is 0 Å². The smallest absolute Gasteiger partial charge is 0.433 e. The maximum atomic E-state index is 10.4. The quantitative estimate of drug-likeness (QED) is 0.278. The van der Waals surface area contributed by atoms with Gasteiger partial charge in [-0.05, 0) is 18.2 Å². The van der Waals surface area contributed by atoms with E-state index in [4.69, 9.17) is 14.8 Å². The average molecular weight is 234 g/mol. The molecule has 86 valence electrons. The first-order valence-corrected chi connectivity index (χ1v) is 4.30. The fourth-order valence-electron chi connectivity index (χ4n) is 0.925. The van der Waals surface area contributed by atoms with Gasteiger partial charge in [0.05, 0.1) is 6.07 Å². The van der Waals surface area contributed by atoms with E-state index < -0.39 is 22.3 Å². The first kappa shape index (κ1) is 12.2. The Morgan fingerprint density at radius 3 is 2.76 bits per heavy atom. The van der Waals surface area contributed by atoms with Crippen molar-refractivity contribution in [2.24, 2.45) is 0 Å². The number of rotatable bonds is 4. The first-order valence-electron chi connectivity index (χ1n) is 4.30. The monoisotopic (exact) mass is 234 g/mol. The Bertz CT molecular complexity index is 547. The van der Waals surface area contributed by atoms with Crippen LogP contribution >= 0.6 is 0 Å². The minimum Gasteiger partial charge on any atom is -0.477 e. The number of nitriles is 1. The molecular weight excluding hydrogens is 228 g/mol. The van der Waals surface area contributed by atoms with E-state index in [1.165, 1.54) is 30.4 Å². The van der Waals surface area contributed by atoms with Crippen molar-refractivity contribution in [1.82, 2.24) is 0 Å². The fourth-order valence-corrected chi connectivity index (χ4v) is 0.925. The van der Waals surface area contributed by atoms with E-state index in [9.17, 15) is 14.9 Å². The van der Waals surface area contributed by atoms with Crippen LogP contribution in [-0.2, 0) is 4.79 Å². The van der Waals surface area contributed by atoms with Crippen molar-refractivity contribution in [1.29, 1.82) is 5.26 Å². The molecule has 17 heavy (non-hydrogen) atoms. The van der Waals surface area contributed by atoms with Crippen LogP contribution in [0.2, 0.25) is 0 Å². The molecule has 0 aromatic carbocycles. The van der Waals surface area contributed by atoms with Gasteiger partial charge in [0.25, 0.3) is 0 Å². The fraction of sp³-hybridized carbons (Fsp3) is 0. The van der Waals surface area contributed by atoms with Gasteiger partial charge in [-0.25, -0.2) is 4.79 Å². The molecule has 0 amide bonds. The minimum atomic E-state index is -1.34. The van der Waals surface area contributed by atoms with E-state index >= 15 is 0 Å². The van der Waals surface area contributed by atoms with Gasteiger partial charge >= 0.3 is 11.9 Å². The number of nitrogens with zero attached hydrogens (tertiary/aromatic N) is 2.